The molecule has 0 spiro atoms. The lowest BCUT2D eigenvalue weighted by Crippen LogP contribution is -1.97. The molecule has 6 heteroatoms. The first-order valence-electron chi connectivity index (χ1n) is 6.40. The maximum atomic E-state index is 5.76. The van der Waals surface area contributed by atoms with Gasteiger partial charge in [-0.15, -0.1) is 0 Å². The highest BCUT2D eigenvalue weighted by atomic mass is 16.3. The zero-order valence-corrected chi connectivity index (χ0v) is 11.0. The van der Waals surface area contributed by atoms with Crippen molar-refractivity contribution in [2.75, 3.05) is 5.73 Å². The van der Waals surface area contributed by atoms with Crippen LogP contribution in [0.5, 0.6) is 0 Å². The Bertz CT molecular complexity index is 911. The fourth-order valence-corrected chi connectivity index (χ4v) is 2.23. The molecule has 4 heterocycles. The van der Waals surface area contributed by atoms with E-state index in [9.17, 15) is 0 Å². The average Bonchev–Trinajstić information content (AvgIpc) is 3.16. The number of aromatic nitrogens is 4. The molecular formula is C15H11N5O. The number of nitrogen functional groups attached to an aromatic ring is 1. The molecule has 0 saturated heterocycles. The highest BCUT2D eigenvalue weighted by molar-refractivity contribution is 5.75. The zero-order chi connectivity index (χ0) is 14.2. The Morgan fingerprint density at radius 1 is 1.10 bits per heavy atom. The molecule has 0 aliphatic heterocycles. The van der Waals surface area contributed by atoms with Crippen molar-refractivity contribution in [3.05, 3.63) is 55.4 Å². The van der Waals surface area contributed by atoms with Crippen LogP contribution in [0.15, 0.2) is 59.8 Å². The van der Waals surface area contributed by atoms with Crippen molar-refractivity contribution in [3.63, 3.8) is 0 Å². The van der Waals surface area contributed by atoms with Crippen LogP contribution in [0.25, 0.3) is 28.1 Å². The van der Waals surface area contributed by atoms with E-state index in [-0.39, 0.29) is 0 Å². The third-order valence-electron chi connectivity index (χ3n) is 3.26. The van der Waals surface area contributed by atoms with Crippen molar-refractivity contribution >= 4 is 17.0 Å². The van der Waals surface area contributed by atoms with E-state index in [0.29, 0.717) is 5.82 Å². The van der Waals surface area contributed by atoms with E-state index >= 15 is 0 Å². The van der Waals surface area contributed by atoms with Crippen LogP contribution in [0.1, 0.15) is 0 Å². The molecule has 21 heavy (non-hydrogen) atoms. The van der Waals surface area contributed by atoms with E-state index in [1.54, 1.807) is 31.1 Å². The summed E-state index contributed by atoms with van der Waals surface area (Å²) in [5.41, 5.74) is 9.95. The van der Waals surface area contributed by atoms with Crippen molar-refractivity contribution in [2.24, 2.45) is 0 Å². The monoisotopic (exact) mass is 277 g/mol. The molecule has 4 rings (SSSR count). The second kappa shape index (κ2) is 4.45. The minimum Gasteiger partial charge on any atom is -0.472 e. The average molecular weight is 277 g/mol. The van der Waals surface area contributed by atoms with Crippen LogP contribution in [0, 0.1) is 0 Å². The first-order valence-corrected chi connectivity index (χ1v) is 6.40. The van der Waals surface area contributed by atoms with Crippen molar-refractivity contribution in [1.29, 1.82) is 0 Å². The summed E-state index contributed by atoms with van der Waals surface area (Å²) in [5.74, 6) is 0.466. The number of furan rings is 1. The third kappa shape index (κ3) is 1.93. The molecule has 4 aromatic rings. The number of imidazole rings is 1. The molecule has 4 aromatic heterocycles. The number of nitrogens with zero attached hydrogens (tertiary/aromatic N) is 4. The molecule has 0 amide bonds. The van der Waals surface area contributed by atoms with Crippen LogP contribution in [-0.2, 0) is 0 Å². The SMILES string of the molecule is Nc1ccc2ncn(-c3ccnc(-c4ccoc4)c3)c2n1. The number of pyridine rings is 2. The summed E-state index contributed by atoms with van der Waals surface area (Å²) in [7, 11) is 0. The number of nitrogens with two attached hydrogens (primary N) is 1. The molecule has 2 N–H and O–H groups in total. The van der Waals surface area contributed by atoms with Crippen LogP contribution in [0.2, 0.25) is 0 Å². The van der Waals surface area contributed by atoms with Crippen molar-refractivity contribution < 1.29 is 4.42 Å². The Labute approximate surface area is 119 Å². The second-order valence-electron chi connectivity index (χ2n) is 4.60. The topological polar surface area (TPSA) is 82.8 Å². The summed E-state index contributed by atoms with van der Waals surface area (Å²) in [6.45, 7) is 0. The van der Waals surface area contributed by atoms with E-state index in [2.05, 4.69) is 15.0 Å². The van der Waals surface area contributed by atoms with E-state index < -0.39 is 0 Å². The molecule has 0 radical (unpaired) electrons. The van der Waals surface area contributed by atoms with Gasteiger partial charge in [0.25, 0.3) is 0 Å². The Balaban J connectivity index is 1.89. The lowest BCUT2D eigenvalue weighted by Gasteiger charge is -2.05. The van der Waals surface area contributed by atoms with Crippen molar-refractivity contribution in [1.82, 2.24) is 19.5 Å². The van der Waals surface area contributed by atoms with Gasteiger partial charge in [0.1, 0.15) is 17.7 Å². The largest absolute Gasteiger partial charge is 0.472 e. The fourth-order valence-electron chi connectivity index (χ4n) is 2.23. The van der Waals surface area contributed by atoms with Crippen molar-refractivity contribution in [3.8, 4) is 16.9 Å². The molecule has 0 aromatic carbocycles. The molecule has 0 saturated carbocycles. The highest BCUT2D eigenvalue weighted by Gasteiger charge is 2.08. The molecular weight excluding hydrogens is 266 g/mol. The lowest BCUT2D eigenvalue weighted by atomic mass is 10.2. The van der Waals surface area contributed by atoms with Gasteiger partial charge >= 0.3 is 0 Å². The molecule has 0 atom stereocenters. The van der Waals surface area contributed by atoms with Gasteiger partial charge in [0.15, 0.2) is 5.65 Å². The molecule has 0 aliphatic rings. The summed E-state index contributed by atoms with van der Waals surface area (Å²) >= 11 is 0. The molecule has 102 valence electrons. The lowest BCUT2D eigenvalue weighted by molar-refractivity contribution is 0.568. The Morgan fingerprint density at radius 3 is 2.90 bits per heavy atom. The summed E-state index contributed by atoms with van der Waals surface area (Å²) in [5, 5.41) is 0. The van der Waals surface area contributed by atoms with Gasteiger partial charge in [-0.1, -0.05) is 0 Å². The maximum Gasteiger partial charge on any atom is 0.166 e. The van der Waals surface area contributed by atoms with Crippen LogP contribution in [-0.4, -0.2) is 19.5 Å². The number of rotatable bonds is 2. The number of anilines is 1. The second-order valence-corrected chi connectivity index (χ2v) is 4.60. The Hall–Kier alpha value is -3.15. The molecule has 0 bridgehead atoms. The number of fused-ring (bicyclic) bond motifs is 1. The predicted molar refractivity (Wildman–Crippen MR) is 78.8 cm³/mol. The molecule has 6 nitrogen and oxygen atoms in total. The van der Waals surface area contributed by atoms with Gasteiger partial charge in [-0.05, 0) is 30.3 Å². The minimum absolute atomic E-state index is 0.466. The van der Waals surface area contributed by atoms with Gasteiger partial charge < -0.3 is 10.2 Å². The minimum atomic E-state index is 0.466. The molecule has 0 aliphatic carbocycles. The summed E-state index contributed by atoms with van der Waals surface area (Å²) in [6, 6.07) is 9.32. The highest BCUT2D eigenvalue weighted by Crippen LogP contribution is 2.22. The number of hydrogen-bond acceptors (Lipinski definition) is 5. The first kappa shape index (κ1) is 11.7. The quantitative estimate of drug-likeness (QED) is 0.609. The van der Waals surface area contributed by atoms with Crippen LogP contribution < -0.4 is 5.73 Å². The van der Waals surface area contributed by atoms with Gasteiger partial charge in [-0.3, -0.25) is 9.55 Å². The van der Waals surface area contributed by atoms with Crippen LogP contribution in [0.4, 0.5) is 5.82 Å². The summed E-state index contributed by atoms with van der Waals surface area (Å²) in [6.07, 6.45) is 6.76. The molecule has 0 unspecified atom stereocenters. The Kier molecular flexibility index (Phi) is 2.47. The maximum absolute atomic E-state index is 5.76. The van der Waals surface area contributed by atoms with E-state index in [4.69, 9.17) is 10.2 Å². The standard InChI is InChI=1S/C15H11N5O/c16-14-2-1-12-15(19-14)20(9-18-12)11-3-5-17-13(7-11)10-4-6-21-8-10/h1-9H,(H2,16,19). The Morgan fingerprint density at radius 2 is 2.05 bits per heavy atom. The first-order chi connectivity index (χ1) is 10.3. The van der Waals surface area contributed by atoms with Gasteiger partial charge in [0, 0.05) is 11.8 Å². The summed E-state index contributed by atoms with van der Waals surface area (Å²) < 4.78 is 6.98. The normalized spacial score (nSPS) is 11.0. The third-order valence-corrected chi connectivity index (χ3v) is 3.26. The van der Waals surface area contributed by atoms with E-state index in [1.807, 2.05) is 28.8 Å². The van der Waals surface area contributed by atoms with Crippen molar-refractivity contribution in [2.45, 2.75) is 0 Å². The van der Waals surface area contributed by atoms with Crippen LogP contribution in [0.3, 0.4) is 0 Å². The molecule has 0 fully saturated rings. The predicted octanol–water partition coefficient (Wildman–Crippen LogP) is 2.66. The fraction of sp³-hybridized carbons (Fsp3) is 0. The van der Waals surface area contributed by atoms with Gasteiger partial charge in [0.05, 0.1) is 23.9 Å². The van der Waals surface area contributed by atoms with Gasteiger partial charge in [0.2, 0.25) is 0 Å². The van der Waals surface area contributed by atoms with Crippen LogP contribution >= 0.6 is 0 Å². The smallest absolute Gasteiger partial charge is 0.166 e. The van der Waals surface area contributed by atoms with Gasteiger partial charge in [-0.25, -0.2) is 9.97 Å². The van der Waals surface area contributed by atoms with E-state index in [0.717, 1.165) is 28.1 Å². The zero-order valence-electron chi connectivity index (χ0n) is 11.0. The summed E-state index contributed by atoms with van der Waals surface area (Å²) in [4.78, 5) is 13.0. The number of hydrogen-bond donors (Lipinski definition) is 1. The van der Waals surface area contributed by atoms with Gasteiger partial charge in [-0.2, -0.15) is 0 Å². The van der Waals surface area contributed by atoms with E-state index in [1.165, 1.54) is 0 Å².